The molecule has 0 aromatic carbocycles. The lowest BCUT2D eigenvalue weighted by molar-refractivity contribution is -0.0139. The molecule has 0 saturated heterocycles. The van der Waals surface area contributed by atoms with Gasteiger partial charge in [0.25, 0.3) is 6.29 Å². The smallest absolute Gasteiger partial charge is 0.270 e. The summed E-state index contributed by atoms with van der Waals surface area (Å²) < 4.78 is 10.3. The van der Waals surface area contributed by atoms with Crippen LogP contribution in [0.15, 0.2) is 24.5 Å². The van der Waals surface area contributed by atoms with E-state index in [2.05, 4.69) is 19.0 Å². The first-order valence-corrected chi connectivity index (χ1v) is 6.63. The Bertz CT molecular complexity index is 322. The van der Waals surface area contributed by atoms with Gasteiger partial charge >= 0.3 is 0 Å². The Labute approximate surface area is 109 Å². The van der Waals surface area contributed by atoms with Crippen LogP contribution in [0.2, 0.25) is 0 Å². The number of rotatable bonds is 7. The van der Waals surface area contributed by atoms with Crippen molar-refractivity contribution in [1.29, 1.82) is 0 Å². The number of ether oxygens (including phenoxy) is 2. The maximum Gasteiger partial charge on any atom is 0.270 e. The largest absolute Gasteiger partial charge is 0.458 e. The van der Waals surface area contributed by atoms with Crippen LogP contribution in [0.25, 0.3) is 0 Å². The van der Waals surface area contributed by atoms with Gasteiger partial charge in [-0.25, -0.2) is 0 Å². The Morgan fingerprint density at radius 1 is 1.33 bits per heavy atom. The van der Waals surface area contributed by atoms with E-state index >= 15 is 0 Å². The van der Waals surface area contributed by atoms with Gasteiger partial charge in [-0.3, -0.25) is 0 Å². The van der Waals surface area contributed by atoms with E-state index in [1.807, 2.05) is 6.08 Å². The van der Waals surface area contributed by atoms with E-state index in [0.717, 1.165) is 12.8 Å². The summed E-state index contributed by atoms with van der Waals surface area (Å²) in [7, 11) is 0. The van der Waals surface area contributed by atoms with Crippen LogP contribution in [0.5, 0.6) is 0 Å². The van der Waals surface area contributed by atoms with Crippen LogP contribution >= 0.6 is 0 Å². The van der Waals surface area contributed by atoms with Crippen LogP contribution in [0, 0.1) is 12.0 Å². The number of aliphatic hydroxyl groups is 1. The fraction of sp³-hybridized carbons (Fsp3) is 0.600. The molecule has 1 rings (SSSR count). The Balaban J connectivity index is 2.05. The van der Waals surface area contributed by atoms with Crippen molar-refractivity contribution in [2.75, 3.05) is 0 Å². The second-order valence-corrected chi connectivity index (χ2v) is 4.32. The molecule has 0 radical (unpaired) electrons. The Morgan fingerprint density at radius 2 is 2.22 bits per heavy atom. The molecule has 18 heavy (non-hydrogen) atoms. The molecule has 0 bridgehead atoms. The molecule has 1 N–H and O–H groups in total. The van der Waals surface area contributed by atoms with E-state index in [4.69, 9.17) is 9.47 Å². The summed E-state index contributed by atoms with van der Waals surface area (Å²) in [4.78, 5) is 0. The van der Waals surface area contributed by atoms with Gasteiger partial charge in [0, 0.05) is 6.42 Å². The normalized spacial score (nSPS) is 18.7. The fourth-order valence-electron chi connectivity index (χ4n) is 1.60. The van der Waals surface area contributed by atoms with E-state index in [0.29, 0.717) is 6.42 Å². The minimum atomic E-state index is -0.427. The van der Waals surface area contributed by atoms with E-state index < -0.39 is 6.29 Å². The fourth-order valence-corrected chi connectivity index (χ4v) is 1.60. The molecule has 0 aromatic rings. The van der Waals surface area contributed by atoms with E-state index in [9.17, 15) is 5.11 Å². The quantitative estimate of drug-likeness (QED) is 0.557. The molecule has 0 amide bonds. The van der Waals surface area contributed by atoms with Gasteiger partial charge < -0.3 is 14.6 Å². The number of unbranched alkanes of at least 4 members (excludes halogenated alkanes) is 3. The molecule has 1 aliphatic rings. The number of hydrogen-bond donors (Lipinski definition) is 1. The first-order chi connectivity index (χ1) is 8.83. The zero-order valence-corrected chi connectivity index (χ0v) is 11.0. The predicted molar refractivity (Wildman–Crippen MR) is 71.4 cm³/mol. The number of allylic oxidation sites excluding steroid dienone is 2. The van der Waals surface area contributed by atoms with Gasteiger partial charge in [-0.2, -0.15) is 0 Å². The minimum Gasteiger partial charge on any atom is -0.458 e. The first kappa shape index (κ1) is 14.7. The van der Waals surface area contributed by atoms with Gasteiger partial charge in [0.05, 0.1) is 12.4 Å². The molecular weight excluding hydrogens is 228 g/mol. The molecule has 2 atom stereocenters. The predicted octanol–water partition coefficient (Wildman–Crippen LogP) is 3.11. The minimum absolute atomic E-state index is 0.347. The second kappa shape index (κ2) is 9.61. The lowest BCUT2D eigenvalue weighted by atomic mass is 10.1. The van der Waals surface area contributed by atoms with Crippen LogP contribution < -0.4 is 0 Å². The van der Waals surface area contributed by atoms with Gasteiger partial charge in [-0.05, 0) is 18.6 Å². The first-order valence-electron chi connectivity index (χ1n) is 6.63. The van der Waals surface area contributed by atoms with Crippen molar-refractivity contribution in [3.05, 3.63) is 24.5 Å². The van der Waals surface area contributed by atoms with Crippen molar-refractivity contribution in [3.8, 4) is 12.0 Å². The molecule has 0 fully saturated rings. The van der Waals surface area contributed by atoms with Crippen molar-refractivity contribution >= 4 is 0 Å². The zero-order valence-electron chi connectivity index (χ0n) is 11.0. The van der Waals surface area contributed by atoms with Crippen LogP contribution in [-0.2, 0) is 9.47 Å². The highest BCUT2D eigenvalue weighted by Gasteiger charge is 2.04. The number of hydrogen-bond acceptors (Lipinski definition) is 3. The molecule has 0 aliphatic carbocycles. The van der Waals surface area contributed by atoms with Crippen LogP contribution in [-0.4, -0.2) is 17.5 Å². The molecule has 1 aliphatic heterocycles. The van der Waals surface area contributed by atoms with Gasteiger partial charge in [0.1, 0.15) is 6.11 Å². The van der Waals surface area contributed by atoms with Gasteiger partial charge in [-0.15, -0.1) is 0 Å². The van der Waals surface area contributed by atoms with Crippen molar-refractivity contribution in [2.45, 2.75) is 57.8 Å². The summed E-state index contributed by atoms with van der Waals surface area (Å²) in [6, 6.07) is 0. The third kappa shape index (κ3) is 7.03. The van der Waals surface area contributed by atoms with Gasteiger partial charge in [-0.1, -0.05) is 44.6 Å². The average molecular weight is 250 g/mol. The summed E-state index contributed by atoms with van der Waals surface area (Å²) >= 11 is 0. The van der Waals surface area contributed by atoms with Gasteiger partial charge in [0.2, 0.25) is 0 Å². The maximum absolute atomic E-state index is 9.67. The highest BCUT2D eigenvalue weighted by atomic mass is 16.7. The molecule has 0 aromatic heterocycles. The topological polar surface area (TPSA) is 38.7 Å². The van der Waals surface area contributed by atoms with E-state index in [1.165, 1.54) is 19.3 Å². The zero-order chi connectivity index (χ0) is 13.1. The summed E-state index contributed by atoms with van der Waals surface area (Å²) in [5, 5.41) is 9.67. The summed E-state index contributed by atoms with van der Waals surface area (Å²) in [5.41, 5.74) is 0. The third-order valence-corrected chi connectivity index (χ3v) is 2.65. The Kier molecular flexibility index (Phi) is 7.83. The Morgan fingerprint density at radius 3 is 2.94 bits per heavy atom. The molecule has 1 heterocycles. The Hall–Kier alpha value is -1.40. The van der Waals surface area contributed by atoms with Crippen molar-refractivity contribution in [3.63, 3.8) is 0 Å². The molecule has 3 heteroatoms. The molecule has 0 saturated carbocycles. The maximum atomic E-state index is 9.67. The third-order valence-electron chi connectivity index (χ3n) is 2.65. The SMILES string of the molecule is CCCCCCC(O)CC#COC1C=CC=CO1. The van der Waals surface area contributed by atoms with Crippen molar-refractivity contribution < 1.29 is 14.6 Å². The van der Waals surface area contributed by atoms with Crippen LogP contribution in [0.4, 0.5) is 0 Å². The van der Waals surface area contributed by atoms with Crippen molar-refractivity contribution in [1.82, 2.24) is 0 Å². The van der Waals surface area contributed by atoms with E-state index in [1.54, 1.807) is 18.4 Å². The van der Waals surface area contributed by atoms with Crippen molar-refractivity contribution in [2.24, 2.45) is 0 Å². The highest BCUT2D eigenvalue weighted by molar-refractivity contribution is 5.06. The molecule has 100 valence electrons. The van der Waals surface area contributed by atoms with Gasteiger partial charge in [0.15, 0.2) is 0 Å². The highest BCUT2D eigenvalue weighted by Crippen LogP contribution is 2.07. The molecule has 3 nitrogen and oxygen atoms in total. The summed E-state index contributed by atoms with van der Waals surface area (Å²) in [6.07, 6.45) is 14.7. The number of aliphatic hydroxyl groups excluding tert-OH is 1. The molecular formula is C15H22O3. The van der Waals surface area contributed by atoms with Crippen LogP contribution in [0.1, 0.15) is 45.4 Å². The van der Waals surface area contributed by atoms with E-state index in [-0.39, 0.29) is 6.10 Å². The second-order valence-electron chi connectivity index (χ2n) is 4.32. The van der Waals surface area contributed by atoms with Crippen LogP contribution in [0.3, 0.4) is 0 Å². The molecule has 2 unspecified atom stereocenters. The molecule has 0 spiro atoms. The lowest BCUT2D eigenvalue weighted by Crippen LogP contribution is -2.10. The average Bonchev–Trinajstić information content (AvgIpc) is 2.41. The summed E-state index contributed by atoms with van der Waals surface area (Å²) in [6.45, 7) is 2.18. The summed E-state index contributed by atoms with van der Waals surface area (Å²) in [5.74, 6) is 2.81. The monoisotopic (exact) mass is 250 g/mol. The lowest BCUT2D eigenvalue weighted by Gasteiger charge is -2.11. The standard InChI is InChI=1S/C15H22O3/c1-2-3-4-5-9-14(16)10-8-13-18-15-11-6-7-12-17-15/h6-7,11-12,14-16H,2-5,9-10H2,1H3.